The molecule has 1 aromatic rings. The maximum Gasteiger partial charge on any atom is 0.246 e. The third kappa shape index (κ3) is 4.04. The summed E-state index contributed by atoms with van der Waals surface area (Å²) in [5, 5.41) is 4.07. The normalized spacial score (nSPS) is 26.0. The van der Waals surface area contributed by atoms with Gasteiger partial charge in [0.05, 0.1) is 12.6 Å². The molecule has 3 heterocycles. The summed E-state index contributed by atoms with van der Waals surface area (Å²) in [6.07, 6.45) is 6.77. The number of nitrogens with zero attached hydrogens (tertiary/aromatic N) is 5. The number of carbonyl (C=O) groups is 1. The molecule has 1 unspecified atom stereocenters. The Morgan fingerprint density at radius 3 is 2.74 bits per heavy atom. The number of amides is 1. The van der Waals surface area contributed by atoms with E-state index < -0.39 is 0 Å². The zero-order valence-electron chi connectivity index (χ0n) is 17.0. The number of hydrogen-bond donors (Lipinski definition) is 0. The molecule has 7 nitrogen and oxygen atoms in total. The molecule has 0 radical (unpaired) electrons. The Morgan fingerprint density at radius 1 is 1.33 bits per heavy atom. The van der Waals surface area contributed by atoms with Crippen LogP contribution in [0.5, 0.6) is 0 Å². The standard InChI is InChI=1S/C20H33N5O2/c1-4-9-25-14-20(7-10-23(2)11-8-20)12-16(25)19(26)24(3)13-17-21-18(22-27-17)15-5-6-15/h15-16H,4-14H2,1-3H3. The van der Waals surface area contributed by atoms with Crippen LogP contribution in [-0.4, -0.2) is 77.1 Å². The molecule has 3 aliphatic rings. The van der Waals surface area contributed by atoms with Gasteiger partial charge in [-0.2, -0.15) is 4.98 Å². The summed E-state index contributed by atoms with van der Waals surface area (Å²) < 4.78 is 5.37. The van der Waals surface area contributed by atoms with Crippen LogP contribution in [0.3, 0.4) is 0 Å². The average molecular weight is 376 g/mol. The summed E-state index contributed by atoms with van der Waals surface area (Å²) in [6.45, 7) is 6.94. The van der Waals surface area contributed by atoms with Crippen molar-refractivity contribution in [1.29, 1.82) is 0 Å². The van der Waals surface area contributed by atoms with Gasteiger partial charge in [0, 0.05) is 19.5 Å². The number of hydrogen-bond acceptors (Lipinski definition) is 6. The molecule has 2 saturated heterocycles. The van der Waals surface area contributed by atoms with Gasteiger partial charge >= 0.3 is 0 Å². The Labute approximate surface area is 162 Å². The molecule has 150 valence electrons. The number of likely N-dealkylation sites (N-methyl/N-ethyl adjacent to an activating group) is 1. The first-order valence-electron chi connectivity index (χ1n) is 10.5. The van der Waals surface area contributed by atoms with Gasteiger partial charge in [0.1, 0.15) is 0 Å². The second kappa shape index (κ2) is 7.51. The smallest absolute Gasteiger partial charge is 0.246 e. The van der Waals surface area contributed by atoms with Crippen molar-refractivity contribution in [3.63, 3.8) is 0 Å². The molecule has 0 aromatic carbocycles. The molecule has 27 heavy (non-hydrogen) atoms. The van der Waals surface area contributed by atoms with Gasteiger partial charge in [-0.05, 0) is 70.6 Å². The average Bonchev–Trinajstić information content (AvgIpc) is 3.31. The van der Waals surface area contributed by atoms with Gasteiger partial charge in [-0.3, -0.25) is 9.69 Å². The first-order valence-corrected chi connectivity index (χ1v) is 10.5. The summed E-state index contributed by atoms with van der Waals surface area (Å²) >= 11 is 0. The fraction of sp³-hybridized carbons (Fsp3) is 0.850. The zero-order valence-corrected chi connectivity index (χ0v) is 17.0. The molecule has 4 rings (SSSR count). The minimum absolute atomic E-state index is 0.0100. The minimum Gasteiger partial charge on any atom is -0.337 e. The van der Waals surface area contributed by atoms with E-state index in [1.165, 1.54) is 12.8 Å². The predicted molar refractivity (Wildman–Crippen MR) is 102 cm³/mol. The van der Waals surface area contributed by atoms with Crippen molar-refractivity contribution in [2.24, 2.45) is 5.41 Å². The molecule has 0 bridgehead atoms. The number of carbonyl (C=O) groups excluding carboxylic acids is 1. The highest BCUT2D eigenvalue weighted by Crippen LogP contribution is 2.43. The number of likely N-dealkylation sites (tertiary alicyclic amines) is 2. The van der Waals surface area contributed by atoms with Crippen LogP contribution in [0.25, 0.3) is 0 Å². The second-order valence-corrected chi connectivity index (χ2v) is 9.01. The molecule has 1 saturated carbocycles. The van der Waals surface area contributed by atoms with Crippen LogP contribution >= 0.6 is 0 Å². The molecular formula is C20H33N5O2. The maximum absolute atomic E-state index is 13.3. The largest absolute Gasteiger partial charge is 0.337 e. The summed E-state index contributed by atoms with van der Waals surface area (Å²) in [7, 11) is 4.06. The van der Waals surface area contributed by atoms with Crippen molar-refractivity contribution in [2.45, 2.75) is 64.0 Å². The van der Waals surface area contributed by atoms with E-state index in [1.807, 2.05) is 7.05 Å². The quantitative estimate of drug-likeness (QED) is 0.759. The molecule has 1 aromatic heterocycles. The van der Waals surface area contributed by atoms with E-state index >= 15 is 0 Å². The lowest BCUT2D eigenvalue weighted by atomic mass is 9.76. The lowest BCUT2D eigenvalue weighted by molar-refractivity contribution is -0.135. The topological polar surface area (TPSA) is 65.7 Å². The molecule has 7 heteroatoms. The van der Waals surface area contributed by atoms with Crippen LogP contribution in [0.1, 0.15) is 63.1 Å². The van der Waals surface area contributed by atoms with Gasteiger partial charge in [-0.15, -0.1) is 0 Å². The summed E-state index contributed by atoms with van der Waals surface area (Å²) in [6, 6.07) is -0.0100. The van der Waals surface area contributed by atoms with Crippen LogP contribution < -0.4 is 0 Å². The lowest BCUT2D eigenvalue weighted by Crippen LogP contribution is -2.44. The lowest BCUT2D eigenvalue weighted by Gasteiger charge is -2.37. The van der Waals surface area contributed by atoms with E-state index in [-0.39, 0.29) is 11.9 Å². The monoisotopic (exact) mass is 375 g/mol. The fourth-order valence-corrected chi connectivity index (χ4v) is 4.74. The van der Waals surface area contributed by atoms with E-state index in [1.54, 1.807) is 4.90 Å². The SMILES string of the molecule is CCCN1CC2(CCN(C)CC2)CC1C(=O)N(C)Cc1nc(C2CC2)no1. The van der Waals surface area contributed by atoms with E-state index in [9.17, 15) is 4.79 Å². The van der Waals surface area contributed by atoms with Crippen molar-refractivity contribution in [1.82, 2.24) is 24.8 Å². The fourth-order valence-electron chi connectivity index (χ4n) is 4.74. The molecular weight excluding hydrogens is 342 g/mol. The van der Waals surface area contributed by atoms with Crippen LogP contribution in [0.2, 0.25) is 0 Å². The molecule has 1 spiro atoms. The maximum atomic E-state index is 13.3. The van der Waals surface area contributed by atoms with E-state index in [2.05, 4.69) is 33.9 Å². The number of piperidine rings is 1. The first kappa shape index (κ1) is 18.9. The van der Waals surface area contributed by atoms with Gasteiger partial charge in [0.25, 0.3) is 0 Å². The predicted octanol–water partition coefficient (Wildman–Crippen LogP) is 2.10. The van der Waals surface area contributed by atoms with Crippen molar-refractivity contribution in [3.05, 3.63) is 11.7 Å². The Kier molecular flexibility index (Phi) is 5.25. The minimum atomic E-state index is -0.0100. The van der Waals surface area contributed by atoms with Crippen molar-refractivity contribution >= 4 is 5.91 Å². The van der Waals surface area contributed by atoms with Crippen molar-refractivity contribution in [2.75, 3.05) is 40.3 Å². The van der Waals surface area contributed by atoms with Gasteiger partial charge in [0.15, 0.2) is 5.82 Å². The third-order valence-electron chi connectivity index (χ3n) is 6.62. The van der Waals surface area contributed by atoms with Crippen molar-refractivity contribution in [3.8, 4) is 0 Å². The number of aromatic nitrogens is 2. The van der Waals surface area contributed by atoms with Gasteiger partial charge in [-0.1, -0.05) is 12.1 Å². The Balaban J connectivity index is 1.41. The molecule has 1 aliphatic carbocycles. The van der Waals surface area contributed by atoms with Gasteiger partial charge in [-0.25, -0.2) is 0 Å². The van der Waals surface area contributed by atoms with E-state index in [0.29, 0.717) is 23.8 Å². The van der Waals surface area contributed by atoms with Crippen LogP contribution in [0, 0.1) is 5.41 Å². The summed E-state index contributed by atoms with van der Waals surface area (Å²) in [4.78, 5) is 24.4. The summed E-state index contributed by atoms with van der Waals surface area (Å²) in [5.74, 6) is 2.04. The molecule has 1 amide bonds. The Bertz CT molecular complexity index is 663. The van der Waals surface area contributed by atoms with Gasteiger partial charge in [0.2, 0.25) is 11.8 Å². The zero-order chi connectivity index (χ0) is 19.0. The Hall–Kier alpha value is -1.47. The third-order valence-corrected chi connectivity index (χ3v) is 6.62. The summed E-state index contributed by atoms with van der Waals surface area (Å²) in [5.41, 5.74) is 0.312. The molecule has 0 N–H and O–H groups in total. The van der Waals surface area contributed by atoms with Crippen LogP contribution in [-0.2, 0) is 11.3 Å². The van der Waals surface area contributed by atoms with Crippen molar-refractivity contribution < 1.29 is 9.32 Å². The highest BCUT2D eigenvalue weighted by Gasteiger charge is 2.47. The Morgan fingerprint density at radius 2 is 2.07 bits per heavy atom. The first-order chi connectivity index (χ1) is 13.0. The van der Waals surface area contributed by atoms with Crippen LogP contribution in [0.15, 0.2) is 4.52 Å². The molecule has 3 fully saturated rings. The van der Waals surface area contributed by atoms with Gasteiger partial charge < -0.3 is 14.3 Å². The van der Waals surface area contributed by atoms with E-state index in [4.69, 9.17) is 4.52 Å². The highest BCUT2D eigenvalue weighted by molar-refractivity contribution is 5.82. The molecule has 2 aliphatic heterocycles. The molecule has 1 atom stereocenters. The highest BCUT2D eigenvalue weighted by atomic mass is 16.5. The second-order valence-electron chi connectivity index (χ2n) is 9.01. The van der Waals surface area contributed by atoms with Crippen LogP contribution in [0.4, 0.5) is 0 Å². The number of rotatable bonds is 6. The van der Waals surface area contributed by atoms with E-state index in [0.717, 1.165) is 57.7 Å².